The van der Waals surface area contributed by atoms with E-state index in [1.165, 1.54) is 25.1 Å². The highest BCUT2D eigenvalue weighted by atomic mass is 19.4. The first kappa shape index (κ1) is 18.4. The topological polar surface area (TPSA) is 64.0 Å². The summed E-state index contributed by atoms with van der Waals surface area (Å²) in [5.41, 5.74) is -1.75. The minimum atomic E-state index is -4.61. The van der Waals surface area contributed by atoms with Crippen molar-refractivity contribution in [3.8, 4) is 5.69 Å². The molecule has 2 aromatic carbocycles. The van der Waals surface area contributed by atoms with Crippen LogP contribution in [0.1, 0.15) is 21.7 Å². The molecule has 0 aliphatic rings. The Morgan fingerprint density at radius 1 is 1.04 bits per heavy atom. The van der Waals surface area contributed by atoms with E-state index in [0.29, 0.717) is 5.69 Å². The highest BCUT2D eigenvalue weighted by Gasteiger charge is 2.34. The number of para-hydroxylation sites is 2. The van der Waals surface area contributed by atoms with E-state index >= 15 is 0 Å². The van der Waals surface area contributed by atoms with Gasteiger partial charge in [0.05, 0.1) is 11.3 Å². The van der Waals surface area contributed by atoms with Crippen LogP contribution in [0.4, 0.5) is 18.9 Å². The molecule has 5 nitrogen and oxygen atoms in total. The van der Waals surface area contributed by atoms with Gasteiger partial charge in [-0.05, 0) is 31.2 Å². The molecule has 0 radical (unpaired) electrons. The van der Waals surface area contributed by atoms with E-state index in [4.69, 9.17) is 0 Å². The van der Waals surface area contributed by atoms with Gasteiger partial charge in [0.25, 0.3) is 5.91 Å². The Bertz CT molecular complexity index is 1040. The van der Waals surface area contributed by atoms with Gasteiger partial charge in [-0.1, -0.05) is 30.3 Å². The summed E-state index contributed by atoms with van der Waals surface area (Å²) in [7, 11) is 0. The predicted octanol–water partition coefficient (Wildman–Crippen LogP) is 3.81. The smallest absolute Gasteiger partial charge is 0.320 e. The summed E-state index contributed by atoms with van der Waals surface area (Å²) in [5.74, 6) is -0.801. The van der Waals surface area contributed by atoms with Gasteiger partial charge in [-0.15, -0.1) is 0 Å². The molecule has 27 heavy (non-hydrogen) atoms. The van der Waals surface area contributed by atoms with Crippen LogP contribution in [-0.4, -0.2) is 15.7 Å². The van der Waals surface area contributed by atoms with Crippen molar-refractivity contribution in [2.45, 2.75) is 13.1 Å². The molecule has 1 heterocycles. The SMILES string of the molecule is Cc1cc(=O)c(C(=O)Nc2ccccc2)nn1-c1ccccc1C(F)(F)F. The molecule has 3 rings (SSSR count). The fourth-order valence-corrected chi connectivity index (χ4v) is 2.56. The van der Waals surface area contributed by atoms with Crippen LogP contribution >= 0.6 is 0 Å². The maximum atomic E-state index is 13.3. The summed E-state index contributed by atoms with van der Waals surface area (Å²) < 4.78 is 40.9. The van der Waals surface area contributed by atoms with E-state index in [1.54, 1.807) is 30.3 Å². The van der Waals surface area contributed by atoms with E-state index in [-0.39, 0.29) is 11.4 Å². The molecule has 138 valence electrons. The Morgan fingerprint density at radius 2 is 1.67 bits per heavy atom. The van der Waals surface area contributed by atoms with E-state index in [0.717, 1.165) is 16.8 Å². The number of aryl methyl sites for hydroxylation is 1. The lowest BCUT2D eigenvalue weighted by molar-refractivity contribution is -0.137. The van der Waals surface area contributed by atoms with Crippen molar-refractivity contribution >= 4 is 11.6 Å². The third-order valence-corrected chi connectivity index (χ3v) is 3.79. The number of halogens is 3. The Labute approximate surface area is 152 Å². The van der Waals surface area contributed by atoms with Crippen LogP contribution in [0.25, 0.3) is 5.69 Å². The molecule has 1 amide bonds. The highest BCUT2D eigenvalue weighted by Crippen LogP contribution is 2.33. The molecule has 1 aromatic heterocycles. The second-order valence-corrected chi connectivity index (χ2v) is 5.75. The Hall–Kier alpha value is -3.42. The van der Waals surface area contributed by atoms with Crippen molar-refractivity contribution in [1.82, 2.24) is 9.78 Å². The van der Waals surface area contributed by atoms with E-state index in [2.05, 4.69) is 10.4 Å². The van der Waals surface area contributed by atoms with Crippen LogP contribution in [0.2, 0.25) is 0 Å². The molecule has 0 aliphatic carbocycles. The van der Waals surface area contributed by atoms with Gasteiger partial charge in [0.1, 0.15) is 0 Å². The van der Waals surface area contributed by atoms with Crippen LogP contribution in [0.5, 0.6) is 0 Å². The summed E-state index contributed by atoms with van der Waals surface area (Å²) >= 11 is 0. The first-order chi connectivity index (χ1) is 12.8. The zero-order valence-electron chi connectivity index (χ0n) is 14.1. The summed E-state index contributed by atoms with van der Waals surface area (Å²) in [5, 5.41) is 6.41. The molecule has 0 unspecified atom stereocenters. The largest absolute Gasteiger partial charge is 0.418 e. The van der Waals surface area contributed by atoms with Crippen LogP contribution < -0.4 is 10.7 Å². The molecular formula is C19H14F3N3O2. The number of rotatable bonds is 3. The molecule has 1 N–H and O–H groups in total. The van der Waals surface area contributed by atoms with Gasteiger partial charge in [-0.25, -0.2) is 4.68 Å². The molecule has 0 saturated heterocycles. The molecule has 8 heteroatoms. The van der Waals surface area contributed by atoms with E-state index in [9.17, 15) is 22.8 Å². The number of anilines is 1. The zero-order chi connectivity index (χ0) is 19.6. The fraction of sp³-hybridized carbons (Fsp3) is 0.105. The predicted molar refractivity (Wildman–Crippen MR) is 94.0 cm³/mol. The average molecular weight is 373 g/mol. The van der Waals surface area contributed by atoms with Crippen molar-refractivity contribution in [1.29, 1.82) is 0 Å². The Kier molecular flexibility index (Phi) is 4.81. The molecule has 0 aliphatic heterocycles. The Morgan fingerprint density at radius 3 is 2.33 bits per heavy atom. The van der Waals surface area contributed by atoms with Crippen molar-refractivity contribution in [2.24, 2.45) is 0 Å². The number of nitrogens with zero attached hydrogens (tertiary/aromatic N) is 2. The standard InChI is InChI=1S/C19H14F3N3O2/c1-12-11-16(26)17(18(27)23-13-7-3-2-4-8-13)24-25(12)15-10-6-5-9-14(15)19(20,21)22/h2-11H,1H3,(H,23,27). The first-order valence-electron chi connectivity index (χ1n) is 7.91. The number of benzene rings is 2. The van der Waals surface area contributed by atoms with E-state index < -0.39 is 28.8 Å². The van der Waals surface area contributed by atoms with E-state index in [1.807, 2.05) is 0 Å². The van der Waals surface area contributed by atoms with Crippen LogP contribution in [0.15, 0.2) is 65.5 Å². The van der Waals surface area contributed by atoms with Crippen LogP contribution in [0, 0.1) is 6.92 Å². The monoisotopic (exact) mass is 373 g/mol. The first-order valence-corrected chi connectivity index (χ1v) is 7.91. The molecule has 0 bridgehead atoms. The zero-order valence-corrected chi connectivity index (χ0v) is 14.1. The van der Waals surface area contributed by atoms with Gasteiger partial charge in [-0.2, -0.15) is 18.3 Å². The molecule has 0 fully saturated rings. The third-order valence-electron chi connectivity index (χ3n) is 3.79. The van der Waals surface area contributed by atoms with Gasteiger partial charge in [0.2, 0.25) is 5.43 Å². The maximum Gasteiger partial charge on any atom is 0.418 e. The lowest BCUT2D eigenvalue weighted by Gasteiger charge is -2.16. The number of carbonyl (C=O) groups is 1. The summed E-state index contributed by atoms with van der Waals surface area (Å²) in [4.78, 5) is 24.6. The molecule has 3 aromatic rings. The number of nitrogens with one attached hydrogen (secondary N) is 1. The average Bonchev–Trinajstić information content (AvgIpc) is 2.62. The van der Waals surface area contributed by atoms with Crippen molar-refractivity contribution in [3.05, 3.63) is 87.8 Å². The second kappa shape index (κ2) is 7.06. The van der Waals surface area contributed by atoms with Crippen LogP contribution in [-0.2, 0) is 6.18 Å². The van der Waals surface area contributed by atoms with Crippen molar-refractivity contribution in [3.63, 3.8) is 0 Å². The molecule has 0 saturated carbocycles. The fourth-order valence-electron chi connectivity index (χ4n) is 2.56. The molecule has 0 atom stereocenters. The third kappa shape index (κ3) is 3.89. The number of amides is 1. The number of aromatic nitrogens is 2. The second-order valence-electron chi connectivity index (χ2n) is 5.75. The van der Waals surface area contributed by atoms with Crippen molar-refractivity contribution < 1.29 is 18.0 Å². The van der Waals surface area contributed by atoms with Gasteiger partial charge >= 0.3 is 6.18 Å². The summed E-state index contributed by atoms with van der Waals surface area (Å²) in [6, 6.07) is 14.3. The summed E-state index contributed by atoms with van der Waals surface area (Å²) in [6.45, 7) is 1.44. The lowest BCUT2D eigenvalue weighted by atomic mass is 10.1. The number of hydrogen-bond acceptors (Lipinski definition) is 3. The maximum absolute atomic E-state index is 13.3. The number of hydrogen-bond donors (Lipinski definition) is 1. The quantitative estimate of drug-likeness (QED) is 0.759. The van der Waals surface area contributed by atoms with Gasteiger partial charge < -0.3 is 5.32 Å². The minimum absolute atomic E-state index is 0.174. The normalized spacial score (nSPS) is 11.3. The minimum Gasteiger partial charge on any atom is -0.320 e. The Balaban J connectivity index is 2.09. The number of carbonyl (C=O) groups excluding carboxylic acids is 1. The van der Waals surface area contributed by atoms with Gasteiger partial charge in [0, 0.05) is 17.4 Å². The highest BCUT2D eigenvalue weighted by molar-refractivity contribution is 6.02. The summed E-state index contributed by atoms with van der Waals surface area (Å²) in [6.07, 6.45) is -4.61. The lowest BCUT2D eigenvalue weighted by Crippen LogP contribution is -2.27. The van der Waals surface area contributed by atoms with Crippen molar-refractivity contribution in [2.75, 3.05) is 5.32 Å². The van der Waals surface area contributed by atoms with Gasteiger partial charge in [-0.3, -0.25) is 9.59 Å². The van der Waals surface area contributed by atoms with Crippen LogP contribution in [0.3, 0.4) is 0 Å². The molecular weight excluding hydrogens is 359 g/mol. The molecule has 0 spiro atoms. The number of alkyl halides is 3. The van der Waals surface area contributed by atoms with Gasteiger partial charge in [0.15, 0.2) is 5.69 Å².